The lowest BCUT2D eigenvalue weighted by atomic mass is 9.97. The third-order valence-electron chi connectivity index (χ3n) is 4.85. The molecule has 1 saturated carbocycles. The van der Waals surface area contributed by atoms with Crippen molar-refractivity contribution in [2.75, 3.05) is 31.1 Å². The molecule has 0 aromatic heterocycles. The number of rotatable bonds is 8. The fourth-order valence-corrected chi connectivity index (χ4v) is 3.44. The number of anilines is 1. The summed E-state index contributed by atoms with van der Waals surface area (Å²) in [6.07, 6.45) is 3.73. The number of hydrogen-bond acceptors (Lipinski definition) is 3. The molecule has 21 heavy (non-hydrogen) atoms. The lowest BCUT2D eigenvalue weighted by Crippen LogP contribution is -2.26. The van der Waals surface area contributed by atoms with Crippen molar-refractivity contribution in [1.29, 1.82) is 0 Å². The number of nitrogens with one attached hydrogen (secondary N) is 1. The molecule has 0 bridgehead atoms. The van der Waals surface area contributed by atoms with E-state index in [1.54, 1.807) is 0 Å². The summed E-state index contributed by atoms with van der Waals surface area (Å²) >= 11 is 0. The Morgan fingerprint density at radius 3 is 2.38 bits per heavy atom. The summed E-state index contributed by atoms with van der Waals surface area (Å²) in [6.45, 7) is 8.80. The van der Waals surface area contributed by atoms with E-state index in [1.165, 1.54) is 30.5 Å². The van der Waals surface area contributed by atoms with E-state index in [0.29, 0.717) is 18.4 Å². The largest absolute Gasteiger partial charge is 0.396 e. The van der Waals surface area contributed by atoms with Crippen LogP contribution in [0.2, 0.25) is 0 Å². The van der Waals surface area contributed by atoms with Crippen LogP contribution in [0.1, 0.15) is 38.7 Å². The second-order valence-corrected chi connectivity index (χ2v) is 6.10. The molecule has 3 nitrogen and oxygen atoms in total. The van der Waals surface area contributed by atoms with Gasteiger partial charge in [0.2, 0.25) is 0 Å². The first kappa shape index (κ1) is 16.3. The smallest absolute Gasteiger partial charge is 0.0462 e. The topological polar surface area (TPSA) is 35.5 Å². The first-order valence-electron chi connectivity index (χ1n) is 8.43. The van der Waals surface area contributed by atoms with Gasteiger partial charge in [0.15, 0.2) is 0 Å². The molecule has 1 aliphatic rings. The maximum absolute atomic E-state index is 9.35. The van der Waals surface area contributed by atoms with Gasteiger partial charge in [-0.3, -0.25) is 0 Å². The number of nitrogens with zero attached hydrogens (tertiary/aromatic N) is 1. The molecule has 2 atom stereocenters. The summed E-state index contributed by atoms with van der Waals surface area (Å²) in [7, 11) is 0. The van der Waals surface area contributed by atoms with Gasteiger partial charge in [0.1, 0.15) is 0 Å². The number of benzene rings is 1. The highest BCUT2D eigenvalue weighted by molar-refractivity contribution is 5.47. The average Bonchev–Trinajstić information content (AvgIpc) is 2.97. The third kappa shape index (κ3) is 4.45. The van der Waals surface area contributed by atoms with Gasteiger partial charge < -0.3 is 15.3 Å². The average molecular weight is 290 g/mol. The molecular weight excluding hydrogens is 260 g/mol. The highest BCUT2D eigenvalue weighted by atomic mass is 16.3. The minimum atomic E-state index is 0.352. The minimum absolute atomic E-state index is 0.352. The van der Waals surface area contributed by atoms with Gasteiger partial charge >= 0.3 is 0 Å². The Bertz CT molecular complexity index is 400. The van der Waals surface area contributed by atoms with Crippen LogP contribution in [-0.2, 0) is 6.54 Å². The summed E-state index contributed by atoms with van der Waals surface area (Å²) in [5, 5.41) is 12.9. The van der Waals surface area contributed by atoms with E-state index < -0.39 is 0 Å². The van der Waals surface area contributed by atoms with Gasteiger partial charge in [-0.15, -0.1) is 0 Å². The molecule has 2 unspecified atom stereocenters. The monoisotopic (exact) mass is 290 g/mol. The Balaban J connectivity index is 1.78. The molecule has 2 N–H and O–H groups in total. The summed E-state index contributed by atoms with van der Waals surface area (Å²) in [5.74, 6) is 1.17. The Morgan fingerprint density at radius 1 is 1.10 bits per heavy atom. The Kier molecular flexibility index (Phi) is 6.52. The van der Waals surface area contributed by atoms with E-state index in [9.17, 15) is 5.11 Å². The van der Waals surface area contributed by atoms with Crippen LogP contribution in [0.5, 0.6) is 0 Å². The standard InChI is InChI=1S/C18H30N2O/c1-3-20(4-2)18-10-8-15(9-11-18)12-19-13-16-6-5-7-17(16)14-21/h8-11,16-17,19,21H,3-7,12-14H2,1-2H3. The first-order chi connectivity index (χ1) is 10.3. The van der Waals surface area contributed by atoms with Crippen molar-refractivity contribution < 1.29 is 5.11 Å². The first-order valence-corrected chi connectivity index (χ1v) is 8.43. The Hall–Kier alpha value is -1.06. The molecule has 1 aromatic carbocycles. The molecule has 1 aromatic rings. The highest BCUT2D eigenvalue weighted by Gasteiger charge is 2.25. The Labute approximate surface area is 129 Å². The number of aliphatic hydroxyl groups is 1. The molecule has 118 valence electrons. The predicted molar refractivity (Wildman–Crippen MR) is 89.6 cm³/mol. The number of aliphatic hydroxyl groups excluding tert-OH is 1. The van der Waals surface area contributed by atoms with Crippen molar-refractivity contribution in [3.05, 3.63) is 29.8 Å². The normalized spacial score (nSPS) is 21.7. The molecule has 0 radical (unpaired) electrons. The van der Waals surface area contributed by atoms with E-state index in [0.717, 1.165) is 26.2 Å². The maximum atomic E-state index is 9.35. The molecule has 0 amide bonds. The zero-order chi connectivity index (χ0) is 15.1. The zero-order valence-corrected chi connectivity index (χ0v) is 13.5. The van der Waals surface area contributed by atoms with E-state index in [4.69, 9.17) is 0 Å². The van der Waals surface area contributed by atoms with Crippen LogP contribution in [-0.4, -0.2) is 31.3 Å². The fourth-order valence-electron chi connectivity index (χ4n) is 3.44. The zero-order valence-electron chi connectivity index (χ0n) is 13.5. The van der Waals surface area contributed by atoms with E-state index in [2.05, 4.69) is 48.3 Å². The van der Waals surface area contributed by atoms with Gasteiger partial charge in [0.25, 0.3) is 0 Å². The van der Waals surface area contributed by atoms with Crippen molar-refractivity contribution in [2.24, 2.45) is 11.8 Å². The summed E-state index contributed by atoms with van der Waals surface area (Å²) in [5.41, 5.74) is 2.64. The fraction of sp³-hybridized carbons (Fsp3) is 0.667. The molecule has 3 heteroatoms. The summed E-state index contributed by atoms with van der Waals surface area (Å²) < 4.78 is 0. The van der Waals surface area contributed by atoms with Gasteiger partial charge in [0, 0.05) is 31.9 Å². The van der Waals surface area contributed by atoms with Crippen LogP contribution in [0.3, 0.4) is 0 Å². The molecule has 0 heterocycles. The lowest BCUT2D eigenvalue weighted by Gasteiger charge is -2.21. The van der Waals surface area contributed by atoms with Crippen LogP contribution in [0.25, 0.3) is 0 Å². The summed E-state index contributed by atoms with van der Waals surface area (Å²) in [6, 6.07) is 8.88. The SMILES string of the molecule is CCN(CC)c1ccc(CNCC2CCCC2CO)cc1. The molecular formula is C18H30N2O. The number of hydrogen-bond donors (Lipinski definition) is 2. The summed E-state index contributed by atoms with van der Waals surface area (Å²) in [4.78, 5) is 2.36. The van der Waals surface area contributed by atoms with E-state index in [1.807, 2.05) is 0 Å². The molecule has 1 fully saturated rings. The van der Waals surface area contributed by atoms with Gasteiger partial charge in [-0.1, -0.05) is 18.6 Å². The molecule has 0 saturated heterocycles. The quantitative estimate of drug-likeness (QED) is 0.772. The predicted octanol–water partition coefficient (Wildman–Crippen LogP) is 3.03. The molecule has 2 rings (SSSR count). The van der Waals surface area contributed by atoms with E-state index >= 15 is 0 Å². The van der Waals surface area contributed by atoms with Crippen molar-refractivity contribution in [2.45, 2.75) is 39.7 Å². The van der Waals surface area contributed by atoms with Crippen LogP contribution >= 0.6 is 0 Å². The molecule has 1 aliphatic carbocycles. The second kappa shape index (κ2) is 8.40. The van der Waals surface area contributed by atoms with Gasteiger partial charge in [-0.25, -0.2) is 0 Å². The van der Waals surface area contributed by atoms with Gasteiger partial charge in [0.05, 0.1) is 0 Å². The second-order valence-electron chi connectivity index (χ2n) is 6.10. The van der Waals surface area contributed by atoms with Crippen LogP contribution < -0.4 is 10.2 Å². The minimum Gasteiger partial charge on any atom is -0.396 e. The maximum Gasteiger partial charge on any atom is 0.0462 e. The van der Waals surface area contributed by atoms with Crippen molar-refractivity contribution in [1.82, 2.24) is 5.32 Å². The molecule has 0 spiro atoms. The Morgan fingerprint density at radius 2 is 1.76 bits per heavy atom. The van der Waals surface area contributed by atoms with Crippen molar-refractivity contribution in [3.8, 4) is 0 Å². The molecule has 0 aliphatic heterocycles. The van der Waals surface area contributed by atoms with Crippen LogP contribution in [0, 0.1) is 11.8 Å². The van der Waals surface area contributed by atoms with E-state index in [-0.39, 0.29) is 0 Å². The lowest BCUT2D eigenvalue weighted by molar-refractivity contribution is 0.192. The van der Waals surface area contributed by atoms with Gasteiger partial charge in [-0.05, 0) is 62.8 Å². The van der Waals surface area contributed by atoms with Crippen LogP contribution in [0.15, 0.2) is 24.3 Å². The highest BCUT2D eigenvalue weighted by Crippen LogP contribution is 2.30. The van der Waals surface area contributed by atoms with Crippen molar-refractivity contribution >= 4 is 5.69 Å². The third-order valence-corrected chi connectivity index (χ3v) is 4.85. The van der Waals surface area contributed by atoms with Crippen LogP contribution in [0.4, 0.5) is 5.69 Å². The van der Waals surface area contributed by atoms with Gasteiger partial charge in [-0.2, -0.15) is 0 Å². The van der Waals surface area contributed by atoms with Crippen molar-refractivity contribution in [3.63, 3.8) is 0 Å².